The molecule has 0 aliphatic carbocycles. The minimum Gasteiger partial charge on any atom is -0.497 e. The number of nitrogens with zero attached hydrogens (tertiary/aromatic N) is 2. The smallest absolute Gasteiger partial charge is 0.188 e. The number of benzene rings is 1. The van der Waals surface area contributed by atoms with E-state index in [1.54, 1.807) is 24.6 Å². The molecule has 1 N–H and O–H groups in total. The average molecular weight is 378 g/mol. The summed E-state index contributed by atoms with van der Waals surface area (Å²) in [6.45, 7) is 2.04. The fourth-order valence-electron chi connectivity index (χ4n) is 1.94. The van der Waals surface area contributed by atoms with Gasteiger partial charge in [0.1, 0.15) is 11.6 Å². The number of halogens is 1. The van der Waals surface area contributed by atoms with E-state index < -0.39 is 0 Å². The first-order chi connectivity index (χ1) is 10.2. The van der Waals surface area contributed by atoms with Gasteiger partial charge in [0.15, 0.2) is 5.13 Å². The number of aromatic nitrogens is 2. The standard InChI is InChI=1S/C16H15N3OS.BrH/c1-11-7-8-17-15(9-11)19-16-18-14(10-21-16)12-3-5-13(20-2)6-4-12;/h3-10H,1-2H3,(H,17,18,19);1H. The van der Waals surface area contributed by atoms with Crippen LogP contribution in [0.2, 0.25) is 0 Å². The molecule has 6 heteroatoms. The molecule has 0 aliphatic heterocycles. The maximum Gasteiger partial charge on any atom is 0.188 e. The van der Waals surface area contributed by atoms with Gasteiger partial charge in [0.05, 0.1) is 12.8 Å². The number of pyridine rings is 1. The fourth-order valence-corrected chi connectivity index (χ4v) is 2.67. The van der Waals surface area contributed by atoms with Crippen LogP contribution < -0.4 is 10.1 Å². The topological polar surface area (TPSA) is 47.0 Å². The lowest BCUT2D eigenvalue weighted by molar-refractivity contribution is 0.415. The summed E-state index contributed by atoms with van der Waals surface area (Å²) in [6.07, 6.45) is 1.79. The molecule has 3 aromatic rings. The monoisotopic (exact) mass is 377 g/mol. The highest BCUT2D eigenvalue weighted by Gasteiger charge is 2.05. The summed E-state index contributed by atoms with van der Waals surface area (Å²) >= 11 is 1.56. The predicted molar refractivity (Wildman–Crippen MR) is 96.7 cm³/mol. The second-order valence-corrected chi connectivity index (χ2v) is 5.47. The first kappa shape index (κ1) is 16.5. The van der Waals surface area contributed by atoms with Crippen molar-refractivity contribution in [1.82, 2.24) is 9.97 Å². The lowest BCUT2D eigenvalue weighted by Crippen LogP contribution is -1.93. The molecule has 2 aromatic heterocycles. The summed E-state index contributed by atoms with van der Waals surface area (Å²) in [5.41, 5.74) is 3.18. The Hall–Kier alpha value is -1.92. The molecule has 3 rings (SSSR count). The quantitative estimate of drug-likeness (QED) is 0.706. The number of hydrogen-bond acceptors (Lipinski definition) is 5. The molecule has 0 saturated heterocycles. The average Bonchev–Trinajstić information content (AvgIpc) is 2.96. The van der Waals surface area contributed by atoms with Crippen molar-refractivity contribution in [2.45, 2.75) is 6.92 Å². The number of thiazole rings is 1. The summed E-state index contributed by atoms with van der Waals surface area (Å²) in [5, 5.41) is 6.09. The van der Waals surface area contributed by atoms with Gasteiger partial charge in [-0.2, -0.15) is 0 Å². The van der Waals surface area contributed by atoms with Gasteiger partial charge in [-0.25, -0.2) is 9.97 Å². The maximum absolute atomic E-state index is 5.16. The number of methoxy groups -OCH3 is 1. The van der Waals surface area contributed by atoms with Crippen molar-refractivity contribution >= 4 is 39.3 Å². The van der Waals surface area contributed by atoms with E-state index in [-0.39, 0.29) is 17.0 Å². The van der Waals surface area contributed by atoms with Gasteiger partial charge in [0.2, 0.25) is 0 Å². The normalized spacial score (nSPS) is 9.91. The summed E-state index contributed by atoms with van der Waals surface area (Å²) in [6, 6.07) is 11.8. The number of rotatable bonds is 4. The molecule has 0 aliphatic rings. The zero-order valence-electron chi connectivity index (χ0n) is 12.2. The lowest BCUT2D eigenvalue weighted by Gasteiger charge is -2.02. The van der Waals surface area contributed by atoms with E-state index in [0.29, 0.717) is 0 Å². The maximum atomic E-state index is 5.16. The Morgan fingerprint density at radius 2 is 1.91 bits per heavy atom. The fraction of sp³-hybridized carbons (Fsp3) is 0.125. The predicted octanol–water partition coefficient (Wildman–Crippen LogP) is 4.84. The highest BCUT2D eigenvalue weighted by Crippen LogP contribution is 2.27. The van der Waals surface area contributed by atoms with Gasteiger partial charge >= 0.3 is 0 Å². The largest absolute Gasteiger partial charge is 0.497 e. The molecule has 2 heterocycles. The van der Waals surface area contributed by atoms with Crippen LogP contribution in [0, 0.1) is 6.92 Å². The molecule has 0 saturated carbocycles. The molecule has 0 atom stereocenters. The van der Waals surface area contributed by atoms with E-state index in [0.717, 1.165) is 28.0 Å². The summed E-state index contributed by atoms with van der Waals surface area (Å²) < 4.78 is 5.16. The summed E-state index contributed by atoms with van der Waals surface area (Å²) in [5.74, 6) is 1.65. The molecule has 0 unspecified atom stereocenters. The number of nitrogens with one attached hydrogen (secondary N) is 1. The molecule has 0 bridgehead atoms. The third-order valence-electron chi connectivity index (χ3n) is 3.04. The highest BCUT2D eigenvalue weighted by molar-refractivity contribution is 8.93. The van der Waals surface area contributed by atoms with Gasteiger partial charge in [-0.3, -0.25) is 0 Å². The van der Waals surface area contributed by atoms with Crippen LogP contribution in [-0.2, 0) is 0 Å². The van der Waals surface area contributed by atoms with Crippen molar-refractivity contribution < 1.29 is 4.74 Å². The molecular formula is C16H16BrN3OS. The minimum absolute atomic E-state index is 0. The summed E-state index contributed by atoms with van der Waals surface area (Å²) in [4.78, 5) is 8.87. The number of ether oxygens (including phenoxy) is 1. The Kier molecular flexibility index (Phi) is 5.51. The van der Waals surface area contributed by atoms with Gasteiger partial charge in [-0.15, -0.1) is 28.3 Å². The van der Waals surface area contributed by atoms with E-state index in [1.165, 1.54) is 5.56 Å². The Bertz CT molecular complexity index is 743. The molecular weight excluding hydrogens is 362 g/mol. The van der Waals surface area contributed by atoms with Crippen LogP contribution in [0.25, 0.3) is 11.3 Å². The zero-order chi connectivity index (χ0) is 14.7. The van der Waals surface area contributed by atoms with Gasteiger partial charge in [-0.1, -0.05) is 0 Å². The third kappa shape index (κ3) is 3.84. The second kappa shape index (κ2) is 7.38. The van der Waals surface area contributed by atoms with E-state index >= 15 is 0 Å². The van der Waals surface area contributed by atoms with Crippen LogP contribution in [0.15, 0.2) is 48.0 Å². The van der Waals surface area contributed by atoms with Gasteiger partial charge in [0.25, 0.3) is 0 Å². The molecule has 22 heavy (non-hydrogen) atoms. The van der Waals surface area contributed by atoms with Gasteiger partial charge in [-0.05, 0) is 48.9 Å². The van der Waals surface area contributed by atoms with Crippen LogP contribution in [-0.4, -0.2) is 17.1 Å². The Morgan fingerprint density at radius 1 is 1.14 bits per heavy atom. The molecule has 4 nitrogen and oxygen atoms in total. The highest BCUT2D eigenvalue weighted by atomic mass is 79.9. The van der Waals surface area contributed by atoms with Crippen molar-refractivity contribution in [2.75, 3.05) is 12.4 Å². The Morgan fingerprint density at radius 3 is 2.59 bits per heavy atom. The van der Waals surface area contributed by atoms with Crippen LogP contribution in [0.5, 0.6) is 5.75 Å². The molecule has 0 fully saturated rings. The van der Waals surface area contributed by atoms with Gasteiger partial charge < -0.3 is 10.1 Å². The molecule has 1 aromatic carbocycles. The molecule has 0 radical (unpaired) electrons. The van der Waals surface area contributed by atoms with Crippen LogP contribution in [0.3, 0.4) is 0 Å². The first-order valence-electron chi connectivity index (χ1n) is 6.54. The van der Waals surface area contributed by atoms with Crippen molar-refractivity contribution in [1.29, 1.82) is 0 Å². The zero-order valence-corrected chi connectivity index (χ0v) is 14.8. The summed E-state index contributed by atoms with van der Waals surface area (Å²) in [7, 11) is 1.66. The van der Waals surface area contributed by atoms with Crippen molar-refractivity contribution in [3.8, 4) is 17.0 Å². The number of aryl methyl sites for hydroxylation is 1. The van der Waals surface area contributed by atoms with E-state index in [4.69, 9.17) is 4.74 Å². The number of hydrogen-bond donors (Lipinski definition) is 1. The van der Waals surface area contributed by atoms with E-state index in [9.17, 15) is 0 Å². The van der Waals surface area contributed by atoms with E-state index in [1.807, 2.05) is 48.7 Å². The molecule has 114 valence electrons. The molecule has 0 amide bonds. The Balaban J connectivity index is 0.00000176. The van der Waals surface area contributed by atoms with Crippen LogP contribution in [0.4, 0.5) is 10.9 Å². The minimum atomic E-state index is 0. The van der Waals surface area contributed by atoms with E-state index in [2.05, 4.69) is 15.3 Å². The molecule has 0 spiro atoms. The third-order valence-corrected chi connectivity index (χ3v) is 3.80. The number of anilines is 2. The van der Waals surface area contributed by atoms with Crippen LogP contribution >= 0.6 is 28.3 Å². The second-order valence-electron chi connectivity index (χ2n) is 4.61. The SMILES string of the molecule is Br.COc1ccc(-c2csc(Nc3cc(C)ccn3)n2)cc1. The van der Waals surface area contributed by atoms with Crippen LogP contribution in [0.1, 0.15) is 5.56 Å². The van der Waals surface area contributed by atoms with Crippen molar-refractivity contribution in [3.05, 3.63) is 53.5 Å². The Labute approximate surface area is 144 Å². The first-order valence-corrected chi connectivity index (χ1v) is 7.42. The lowest BCUT2D eigenvalue weighted by atomic mass is 10.2. The van der Waals surface area contributed by atoms with Crippen molar-refractivity contribution in [2.24, 2.45) is 0 Å². The van der Waals surface area contributed by atoms with Crippen molar-refractivity contribution in [3.63, 3.8) is 0 Å². The van der Waals surface area contributed by atoms with Gasteiger partial charge in [0, 0.05) is 17.1 Å².